The van der Waals surface area contributed by atoms with E-state index in [1.807, 2.05) is 11.0 Å². The highest BCUT2D eigenvalue weighted by Crippen LogP contribution is 2.31. The Morgan fingerprint density at radius 1 is 1.03 bits per heavy atom. The Morgan fingerprint density at radius 2 is 1.76 bits per heavy atom. The van der Waals surface area contributed by atoms with Gasteiger partial charge in [0.25, 0.3) is 5.56 Å². The van der Waals surface area contributed by atoms with Gasteiger partial charge < -0.3 is 29.5 Å². The van der Waals surface area contributed by atoms with E-state index in [4.69, 9.17) is 4.98 Å². The van der Waals surface area contributed by atoms with E-state index in [-0.39, 0.29) is 18.1 Å². The summed E-state index contributed by atoms with van der Waals surface area (Å²) in [5, 5.41) is 20.4. The number of aliphatic hydroxyl groups excluding tert-OH is 2. The summed E-state index contributed by atoms with van der Waals surface area (Å²) in [4.78, 5) is 28.9. The van der Waals surface area contributed by atoms with E-state index in [0.29, 0.717) is 29.8 Å². The van der Waals surface area contributed by atoms with Crippen molar-refractivity contribution in [3.05, 3.63) is 47.0 Å². The minimum atomic E-state index is -0.668. The van der Waals surface area contributed by atoms with Crippen LogP contribution in [0.25, 0.3) is 22.2 Å². The molecule has 2 fully saturated rings. The van der Waals surface area contributed by atoms with Gasteiger partial charge in [-0.15, -0.1) is 0 Å². The van der Waals surface area contributed by atoms with Gasteiger partial charge in [-0.3, -0.25) is 4.79 Å². The van der Waals surface area contributed by atoms with Gasteiger partial charge in [0.15, 0.2) is 0 Å². The summed E-state index contributed by atoms with van der Waals surface area (Å²) < 4.78 is 1.44. The fraction of sp³-hybridized carbons (Fsp3) is 0.458. The number of aryl methyl sites for hydroxylation is 1. The fourth-order valence-electron chi connectivity index (χ4n) is 4.69. The van der Waals surface area contributed by atoms with Crippen molar-refractivity contribution in [2.45, 2.75) is 6.10 Å². The van der Waals surface area contributed by atoms with Crippen LogP contribution in [-0.2, 0) is 7.05 Å². The normalized spacial score (nSPS) is 21.8. The number of pyridine rings is 1. The highest BCUT2D eigenvalue weighted by molar-refractivity contribution is 5.92. The smallest absolute Gasteiger partial charge is 0.264 e. The van der Waals surface area contributed by atoms with Gasteiger partial charge in [-0.05, 0) is 25.2 Å². The Bertz CT molecular complexity index is 1200. The third kappa shape index (κ3) is 4.07. The molecule has 2 aliphatic heterocycles. The molecule has 0 radical (unpaired) electrons. The van der Waals surface area contributed by atoms with E-state index in [1.54, 1.807) is 7.05 Å². The molecule has 5 rings (SSSR count). The third-order valence-corrected chi connectivity index (χ3v) is 6.86. The predicted octanol–water partition coefficient (Wildman–Crippen LogP) is 0.537. The number of piperazine rings is 1. The number of hydrogen-bond acceptors (Lipinski definition) is 8. The van der Waals surface area contributed by atoms with Crippen LogP contribution in [0.4, 0.5) is 11.5 Å². The van der Waals surface area contributed by atoms with E-state index in [2.05, 4.69) is 46.1 Å². The van der Waals surface area contributed by atoms with Crippen LogP contribution in [-0.4, -0.2) is 88.7 Å². The molecule has 1 aromatic carbocycles. The standard InChI is InChI=1S/C24H30N6O3/c1-27-7-9-29(10-8-27)18-5-3-16(4-6-18)19-11-20-22(24(33)28(2)15-25-20)23(26-19)30-12-17(14-31)21(32)13-30/h3-6,11,15,17,21,31-32H,7-10,12-14H2,1-2H3/t17-,21-/m1/s1. The lowest BCUT2D eigenvalue weighted by Gasteiger charge is -2.34. The summed E-state index contributed by atoms with van der Waals surface area (Å²) in [6.45, 7) is 4.75. The summed E-state index contributed by atoms with van der Waals surface area (Å²) in [7, 11) is 3.81. The van der Waals surface area contributed by atoms with Crippen molar-refractivity contribution in [1.29, 1.82) is 0 Å². The summed E-state index contributed by atoms with van der Waals surface area (Å²) >= 11 is 0. The lowest BCUT2D eigenvalue weighted by molar-refractivity contribution is 0.104. The van der Waals surface area contributed by atoms with E-state index >= 15 is 0 Å². The first kappa shape index (κ1) is 21.8. The Balaban J connectivity index is 1.54. The molecule has 2 aliphatic rings. The summed E-state index contributed by atoms with van der Waals surface area (Å²) in [6.07, 6.45) is 0.850. The van der Waals surface area contributed by atoms with Crippen LogP contribution >= 0.6 is 0 Å². The number of aromatic nitrogens is 3. The van der Waals surface area contributed by atoms with Crippen LogP contribution in [0.3, 0.4) is 0 Å². The molecule has 0 bridgehead atoms. The molecule has 0 amide bonds. The van der Waals surface area contributed by atoms with Crippen LogP contribution in [0.15, 0.2) is 41.5 Å². The Labute approximate surface area is 192 Å². The number of rotatable bonds is 4. The largest absolute Gasteiger partial charge is 0.396 e. The van der Waals surface area contributed by atoms with Crippen molar-refractivity contribution in [3.63, 3.8) is 0 Å². The number of hydrogen-bond donors (Lipinski definition) is 2. The second-order valence-electron chi connectivity index (χ2n) is 9.14. The number of nitrogens with zero attached hydrogens (tertiary/aromatic N) is 6. The molecule has 0 spiro atoms. The second kappa shape index (κ2) is 8.74. The average Bonchev–Trinajstić information content (AvgIpc) is 3.22. The molecule has 2 atom stereocenters. The first-order valence-corrected chi connectivity index (χ1v) is 11.4. The summed E-state index contributed by atoms with van der Waals surface area (Å²) in [6, 6.07) is 10.2. The quantitative estimate of drug-likeness (QED) is 0.594. The minimum Gasteiger partial charge on any atom is -0.396 e. The molecule has 33 heavy (non-hydrogen) atoms. The van der Waals surface area contributed by atoms with Crippen LogP contribution in [0.2, 0.25) is 0 Å². The van der Waals surface area contributed by atoms with Crippen molar-refractivity contribution in [1.82, 2.24) is 19.4 Å². The molecule has 0 unspecified atom stereocenters. The predicted molar refractivity (Wildman–Crippen MR) is 129 cm³/mol. The van der Waals surface area contributed by atoms with Crippen molar-refractivity contribution in [2.24, 2.45) is 13.0 Å². The van der Waals surface area contributed by atoms with E-state index in [1.165, 1.54) is 16.6 Å². The van der Waals surface area contributed by atoms with Crippen molar-refractivity contribution in [3.8, 4) is 11.3 Å². The highest BCUT2D eigenvalue weighted by Gasteiger charge is 2.33. The topological polar surface area (TPSA) is 98.0 Å². The zero-order valence-corrected chi connectivity index (χ0v) is 19.1. The van der Waals surface area contributed by atoms with Gasteiger partial charge in [0, 0.05) is 63.5 Å². The zero-order valence-electron chi connectivity index (χ0n) is 19.1. The number of fused-ring (bicyclic) bond motifs is 1. The molecule has 2 aromatic heterocycles. The van der Waals surface area contributed by atoms with Crippen molar-refractivity contribution < 1.29 is 10.2 Å². The summed E-state index contributed by atoms with van der Waals surface area (Å²) in [5.74, 6) is 0.239. The molecule has 3 aromatic rings. The van der Waals surface area contributed by atoms with Crippen molar-refractivity contribution >= 4 is 22.4 Å². The number of β-amino-alcohol motifs (C(OH)–C–C–N with tert-alkyl or cyclic N) is 1. The second-order valence-corrected chi connectivity index (χ2v) is 9.14. The van der Waals surface area contributed by atoms with Gasteiger partial charge in [-0.1, -0.05) is 12.1 Å². The third-order valence-electron chi connectivity index (χ3n) is 6.86. The maximum atomic E-state index is 13.0. The lowest BCUT2D eigenvalue weighted by Crippen LogP contribution is -2.44. The van der Waals surface area contributed by atoms with E-state index in [0.717, 1.165) is 37.4 Å². The van der Waals surface area contributed by atoms with E-state index in [9.17, 15) is 15.0 Å². The number of likely N-dealkylation sites (N-methyl/N-ethyl adjacent to an activating group) is 1. The molecular formula is C24H30N6O3. The monoisotopic (exact) mass is 450 g/mol. The van der Waals surface area contributed by atoms with Crippen LogP contribution in [0.5, 0.6) is 0 Å². The van der Waals surface area contributed by atoms with Gasteiger partial charge in [-0.25, -0.2) is 9.97 Å². The zero-order chi connectivity index (χ0) is 23.1. The van der Waals surface area contributed by atoms with Gasteiger partial charge in [-0.2, -0.15) is 0 Å². The Kier molecular flexibility index (Phi) is 5.77. The molecular weight excluding hydrogens is 420 g/mol. The first-order valence-electron chi connectivity index (χ1n) is 11.4. The minimum absolute atomic E-state index is 0.112. The number of benzene rings is 1. The summed E-state index contributed by atoms with van der Waals surface area (Å²) in [5.41, 5.74) is 3.25. The fourth-order valence-corrected chi connectivity index (χ4v) is 4.69. The molecule has 4 heterocycles. The molecule has 0 aliphatic carbocycles. The Morgan fingerprint density at radius 3 is 2.42 bits per heavy atom. The van der Waals surface area contributed by atoms with Crippen molar-refractivity contribution in [2.75, 3.05) is 62.7 Å². The molecule has 2 saturated heterocycles. The van der Waals surface area contributed by atoms with Crippen LogP contribution in [0.1, 0.15) is 0 Å². The van der Waals surface area contributed by atoms with Crippen LogP contribution < -0.4 is 15.4 Å². The van der Waals surface area contributed by atoms with Gasteiger partial charge in [0.05, 0.1) is 30.2 Å². The van der Waals surface area contributed by atoms with Gasteiger partial charge in [0.1, 0.15) is 11.2 Å². The first-order chi connectivity index (χ1) is 15.9. The highest BCUT2D eigenvalue weighted by atomic mass is 16.3. The van der Waals surface area contributed by atoms with Gasteiger partial charge in [0.2, 0.25) is 0 Å². The number of aliphatic hydroxyl groups is 2. The molecule has 0 saturated carbocycles. The molecule has 9 heteroatoms. The van der Waals surface area contributed by atoms with E-state index < -0.39 is 6.10 Å². The lowest BCUT2D eigenvalue weighted by atomic mass is 10.1. The maximum Gasteiger partial charge on any atom is 0.264 e. The van der Waals surface area contributed by atoms with Crippen LogP contribution in [0, 0.1) is 5.92 Å². The molecule has 9 nitrogen and oxygen atoms in total. The molecule has 174 valence electrons. The maximum absolute atomic E-state index is 13.0. The Hall–Kier alpha value is -3.01. The number of anilines is 2. The van der Waals surface area contributed by atoms with Gasteiger partial charge >= 0.3 is 0 Å². The average molecular weight is 451 g/mol. The molecule has 2 N–H and O–H groups in total. The SMILES string of the molecule is CN1CCN(c2ccc(-c3cc4ncn(C)c(=O)c4c(N4C[C@H](CO)[C@H](O)C4)n3)cc2)CC1.